The number of alkyl halides is 1. The smallest absolute Gasteiger partial charge is 0.342 e. The van der Waals surface area contributed by atoms with E-state index in [4.69, 9.17) is 5.73 Å². The number of ether oxygens (including phenoxy) is 1. The van der Waals surface area contributed by atoms with Gasteiger partial charge >= 0.3 is 5.97 Å². The fraction of sp³-hybridized carbons (Fsp3) is 0.462. The molecule has 0 radical (unpaired) electrons. The maximum absolute atomic E-state index is 13.8. The SMILES string of the molecule is CCOC(=O)C(F)[C@@H](N)c1cccc(CC)c1O.Cl. The molecule has 4 nitrogen and oxygen atoms in total. The van der Waals surface area contributed by atoms with Crippen LogP contribution in [0.2, 0.25) is 0 Å². The number of aromatic hydroxyl groups is 1. The van der Waals surface area contributed by atoms with Crippen LogP contribution in [-0.2, 0) is 16.0 Å². The van der Waals surface area contributed by atoms with E-state index >= 15 is 0 Å². The molecule has 0 saturated carbocycles. The van der Waals surface area contributed by atoms with Crippen molar-refractivity contribution in [1.82, 2.24) is 0 Å². The summed E-state index contributed by atoms with van der Waals surface area (Å²) < 4.78 is 18.3. The number of phenolic OH excluding ortho intramolecular Hbond substituents is 1. The summed E-state index contributed by atoms with van der Waals surface area (Å²) in [6.45, 7) is 3.54. The number of phenols is 1. The number of esters is 1. The monoisotopic (exact) mass is 291 g/mol. The zero-order valence-electron chi connectivity index (χ0n) is 10.9. The molecule has 0 aliphatic carbocycles. The van der Waals surface area contributed by atoms with Gasteiger partial charge in [0.2, 0.25) is 6.17 Å². The van der Waals surface area contributed by atoms with Crippen molar-refractivity contribution in [2.24, 2.45) is 5.73 Å². The molecule has 1 aromatic rings. The standard InChI is InChI=1S/C13H18FNO3.ClH/c1-3-8-6-5-7-9(12(8)16)11(15)10(14)13(17)18-4-2;/h5-7,10-11,16H,3-4,15H2,1-2H3;1H/t10?,11-;/m0./s1. The lowest BCUT2D eigenvalue weighted by molar-refractivity contribution is -0.149. The molecule has 3 N–H and O–H groups in total. The highest BCUT2D eigenvalue weighted by molar-refractivity contribution is 5.85. The van der Waals surface area contributed by atoms with E-state index in [1.54, 1.807) is 19.1 Å². The van der Waals surface area contributed by atoms with E-state index in [2.05, 4.69) is 4.74 Å². The summed E-state index contributed by atoms with van der Waals surface area (Å²) in [5.41, 5.74) is 6.54. The minimum Gasteiger partial charge on any atom is -0.507 e. The lowest BCUT2D eigenvalue weighted by atomic mass is 9.98. The van der Waals surface area contributed by atoms with E-state index < -0.39 is 18.2 Å². The van der Waals surface area contributed by atoms with Crippen molar-refractivity contribution in [3.8, 4) is 5.75 Å². The third-order valence-corrected chi connectivity index (χ3v) is 2.72. The molecule has 0 aliphatic heterocycles. The Labute approximate surface area is 118 Å². The highest BCUT2D eigenvalue weighted by atomic mass is 35.5. The van der Waals surface area contributed by atoms with Gasteiger partial charge in [0.15, 0.2) is 0 Å². The fourth-order valence-electron chi connectivity index (χ4n) is 1.69. The van der Waals surface area contributed by atoms with E-state index in [9.17, 15) is 14.3 Å². The van der Waals surface area contributed by atoms with Crippen LogP contribution in [0.3, 0.4) is 0 Å². The predicted octanol–water partition coefficient (Wildman–Crippen LogP) is 2.28. The maximum Gasteiger partial charge on any atom is 0.342 e. The third-order valence-electron chi connectivity index (χ3n) is 2.72. The summed E-state index contributed by atoms with van der Waals surface area (Å²) in [4.78, 5) is 11.3. The van der Waals surface area contributed by atoms with Crippen LogP contribution in [0.25, 0.3) is 0 Å². The van der Waals surface area contributed by atoms with Gasteiger partial charge in [-0.15, -0.1) is 12.4 Å². The van der Waals surface area contributed by atoms with E-state index in [1.807, 2.05) is 6.92 Å². The van der Waals surface area contributed by atoms with Crippen molar-refractivity contribution in [3.63, 3.8) is 0 Å². The number of carbonyl (C=O) groups excluding carboxylic acids is 1. The normalized spacial score (nSPS) is 13.3. The van der Waals surface area contributed by atoms with Gasteiger partial charge in [0.25, 0.3) is 0 Å². The first-order chi connectivity index (χ1) is 8.52. The molecule has 0 fully saturated rings. The highest BCUT2D eigenvalue weighted by Gasteiger charge is 2.29. The molecule has 0 aromatic heterocycles. The van der Waals surface area contributed by atoms with Crippen LogP contribution in [0, 0.1) is 0 Å². The van der Waals surface area contributed by atoms with Crippen molar-refractivity contribution < 1.29 is 19.0 Å². The average molecular weight is 292 g/mol. The molecular weight excluding hydrogens is 273 g/mol. The maximum atomic E-state index is 13.8. The molecule has 0 bridgehead atoms. The Morgan fingerprint density at radius 1 is 1.47 bits per heavy atom. The van der Waals surface area contributed by atoms with Crippen molar-refractivity contribution in [2.75, 3.05) is 6.61 Å². The molecule has 19 heavy (non-hydrogen) atoms. The van der Waals surface area contributed by atoms with Crippen molar-refractivity contribution in [2.45, 2.75) is 32.5 Å². The number of hydrogen-bond acceptors (Lipinski definition) is 4. The van der Waals surface area contributed by atoms with E-state index in [0.29, 0.717) is 12.0 Å². The van der Waals surface area contributed by atoms with Gasteiger partial charge < -0.3 is 15.6 Å². The first-order valence-corrected chi connectivity index (χ1v) is 5.89. The number of carbonyl (C=O) groups is 1. The Morgan fingerprint density at radius 3 is 2.63 bits per heavy atom. The lowest BCUT2D eigenvalue weighted by Crippen LogP contribution is -2.31. The third kappa shape index (κ3) is 4.08. The summed E-state index contributed by atoms with van der Waals surface area (Å²) in [5.74, 6) is -1.06. The van der Waals surface area contributed by atoms with Crippen LogP contribution in [0.1, 0.15) is 31.0 Å². The molecular formula is C13H19ClFNO3. The van der Waals surface area contributed by atoms with Crippen LogP contribution in [0.5, 0.6) is 5.75 Å². The van der Waals surface area contributed by atoms with Crippen molar-refractivity contribution >= 4 is 18.4 Å². The topological polar surface area (TPSA) is 72.5 Å². The fourth-order valence-corrected chi connectivity index (χ4v) is 1.69. The summed E-state index contributed by atoms with van der Waals surface area (Å²) in [6, 6.07) is 3.68. The Hall–Kier alpha value is -1.33. The van der Waals surface area contributed by atoms with Gasteiger partial charge in [-0.05, 0) is 18.9 Å². The van der Waals surface area contributed by atoms with Gasteiger partial charge in [-0.1, -0.05) is 25.1 Å². The molecule has 0 aliphatic rings. The second-order valence-corrected chi connectivity index (χ2v) is 3.89. The number of rotatable bonds is 5. The van der Waals surface area contributed by atoms with E-state index in [1.165, 1.54) is 6.07 Å². The molecule has 108 valence electrons. The molecule has 0 heterocycles. The molecule has 2 atom stereocenters. The average Bonchev–Trinajstić information content (AvgIpc) is 2.37. The minimum absolute atomic E-state index is 0. The first-order valence-electron chi connectivity index (χ1n) is 5.89. The van der Waals surface area contributed by atoms with Crippen LogP contribution in [0.15, 0.2) is 18.2 Å². The zero-order chi connectivity index (χ0) is 13.7. The second-order valence-electron chi connectivity index (χ2n) is 3.89. The second kappa shape index (κ2) is 7.96. The van der Waals surface area contributed by atoms with E-state index in [0.717, 1.165) is 0 Å². The molecule has 0 amide bonds. The van der Waals surface area contributed by atoms with Gasteiger partial charge in [0, 0.05) is 5.56 Å². The summed E-state index contributed by atoms with van der Waals surface area (Å²) in [7, 11) is 0. The quantitative estimate of drug-likeness (QED) is 0.816. The molecule has 1 rings (SSSR count). The van der Waals surface area contributed by atoms with Gasteiger partial charge in [-0.2, -0.15) is 0 Å². The van der Waals surface area contributed by atoms with Gasteiger partial charge in [0.05, 0.1) is 12.6 Å². The van der Waals surface area contributed by atoms with Gasteiger partial charge in [0.1, 0.15) is 5.75 Å². The molecule has 6 heteroatoms. The number of nitrogens with two attached hydrogens (primary N) is 1. The molecule has 1 aromatic carbocycles. The van der Waals surface area contributed by atoms with Crippen LogP contribution < -0.4 is 5.73 Å². The number of halogens is 2. The Kier molecular flexibility index (Phi) is 7.41. The van der Waals surface area contributed by atoms with Crippen LogP contribution in [0.4, 0.5) is 4.39 Å². The molecule has 0 spiro atoms. The number of hydrogen-bond donors (Lipinski definition) is 2. The largest absolute Gasteiger partial charge is 0.507 e. The number of aryl methyl sites for hydroxylation is 1. The summed E-state index contributed by atoms with van der Waals surface area (Å²) in [6.07, 6.45) is -1.38. The minimum atomic E-state index is -1.98. The Balaban J connectivity index is 0.00000324. The zero-order valence-corrected chi connectivity index (χ0v) is 11.7. The van der Waals surface area contributed by atoms with Crippen LogP contribution >= 0.6 is 12.4 Å². The van der Waals surface area contributed by atoms with Crippen molar-refractivity contribution in [1.29, 1.82) is 0 Å². The Bertz CT molecular complexity index is 428. The lowest BCUT2D eigenvalue weighted by Gasteiger charge is -2.18. The van der Waals surface area contributed by atoms with Gasteiger partial charge in [-0.25, -0.2) is 9.18 Å². The summed E-state index contributed by atoms with van der Waals surface area (Å²) >= 11 is 0. The number of benzene rings is 1. The predicted molar refractivity (Wildman–Crippen MR) is 73.2 cm³/mol. The van der Waals surface area contributed by atoms with Crippen molar-refractivity contribution in [3.05, 3.63) is 29.3 Å². The Morgan fingerprint density at radius 2 is 2.11 bits per heavy atom. The van der Waals surface area contributed by atoms with Gasteiger partial charge in [-0.3, -0.25) is 0 Å². The van der Waals surface area contributed by atoms with E-state index in [-0.39, 0.29) is 30.3 Å². The first kappa shape index (κ1) is 17.7. The number of para-hydroxylation sites is 1. The molecule has 1 unspecified atom stereocenters. The molecule has 0 saturated heterocycles. The van der Waals surface area contributed by atoms with Crippen LogP contribution in [-0.4, -0.2) is 23.9 Å². The summed E-state index contributed by atoms with van der Waals surface area (Å²) in [5, 5.41) is 9.92. The highest BCUT2D eigenvalue weighted by Crippen LogP contribution is 2.30.